The molecular weight excluding hydrogens is 270 g/mol. The van der Waals surface area contributed by atoms with Crippen molar-refractivity contribution < 1.29 is 5.11 Å². The van der Waals surface area contributed by atoms with E-state index in [1.54, 1.807) is 0 Å². The lowest BCUT2D eigenvalue weighted by Crippen LogP contribution is -2.43. The number of rotatable bonds is 6. The lowest BCUT2D eigenvalue weighted by atomic mass is 9.76. The quantitative estimate of drug-likeness (QED) is 0.814. The van der Waals surface area contributed by atoms with Crippen molar-refractivity contribution in [3.8, 4) is 0 Å². The maximum absolute atomic E-state index is 11.3. The van der Waals surface area contributed by atoms with Gasteiger partial charge >= 0.3 is 0 Å². The molecule has 2 aromatic rings. The lowest BCUT2D eigenvalue weighted by Gasteiger charge is -2.37. The van der Waals surface area contributed by atoms with Gasteiger partial charge in [-0.2, -0.15) is 0 Å². The van der Waals surface area contributed by atoms with Crippen LogP contribution in [0, 0.1) is 11.8 Å². The van der Waals surface area contributed by atoms with Crippen LogP contribution in [0.25, 0.3) is 10.8 Å². The van der Waals surface area contributed by atoms with Crippen LogP contribution in [0.1, 0.15) is 52.1 Å². The summed E-state index contributed by atoms with van der Waals surface area (Å²) >= 11 is 0. The average molecular weight is 299 g/mol. The minimum absolute atomic E-state index is 0.372. The summed E-state index contributed by atoms with van der Waals surface area (Å²) in [5.74, 6) is 0.814. The van der Waals surface area contributed by atoms with Gasteiger partial charge in [0.1, 0.15) is 0 Å². The standard InChI is InChI=1S/C20H29NO/c1-14(2)12-20(22,13-15(3)4)19(21)18-11-7-9-16-8-5-6-10-17(16)18/h5-11,14-15,19,22H,12-13,21H2,1-4H3. The van der Waals surface area contributed by atoms with Crippen molar-refractivity contribution in [3.63, 3.8) is 0 Å². The molecule has 0 fully saturated rings. The summed E-state index contributed by atoms with van der Waals surface area (Å²) in [5.41, 5.74) is 6.76. The highest BCUT2D eigenvalue weighted by Gasteiger charge is 2.37. The van der Waals surface area contributed by atoms with Crippen molar-refractivity contribution in [3.05, 3.63) is 48.0 Å². The van der Waals surface area contributed by atoms with Gasteiger partial charge in [-0.3, -0.25) is 0 Å². The predicted octanol–water partition coefficient (Wildman–Crippen LogP) is 4.66. The van der Waals surface area contributed by atoms with Crippen molar-refractivity contribution in [2.75, 3.05) is 0 Å². The van der Waals surface area contributed by atoms with Crippen molar-refractivity contribution >= 4 is 10.8 Å². The molecule has 0 aliphatic rings. The van der Waals surface area contributed by atoms with E-state index in [0.717, 1.165) is 23.8 Å². The first kappa shape index (κ1) is 17.0. The van der Waals surface area contributed by atoms with Crippen LogP contribution < -0.4 is 5.73 Å². The van der Waals surface area contributed by atoms with Gasteiger partial charge in [0.2, 0.25) is 0 Å². The summed E-state index contributed by atoms with van der Waals surface area (Å²) in [6, 6.07) is 14.1. The Morgan fingerprint density at radius 2 is 1.45 bits per heavy atom. The van der Waals surface area contributed by atoms with Crippen LogP contribution in [0.5, 0.6) is 0 Å². The first-order chi connectivity index (χ1) is 10.3. The summed E-state index contributed by atoms with van der Waals surface area (Å²) in [6.07, 6.45) is 1.44. The van der Waals surface area contributed by atoms with E-state index in [-0.39, 0.29) is 6.04 Å². The maximum Gasteiger partial charge on any atom is 0.0844 e. The van der Waals surface area contributed by atoms with Gasteiger partial charge in [0.15, 0.2) is 0 Å². The second-order valence-corrected chi connectivity index (χ2v) is 7.35. The van der Waals surface area contributed by atoms with Crippen LogP contribution in [0.2, 0.25) is 0 Å². The zero-order chi connectivity index (χ0) is 16.3. The molecule has 22 heavy (non-hydrogen) atoms. The Bertz CT molecular complexity index is 603. The number of benzene rings is 2. The number of nitrogens with two attached hydrogens (primary N) is 1. The molecule has 2 nitrogen and oxygen atoms in total. The van der Waals surface area contributed by atoms with Crippen LogP contribution in [0.3, 0.4) is 0 Å². The molecule has 3 N–H and O–H groups in total. The van der Waals surface area contributed by atoms with E-state index in [2.05, 4.69) is 52.0 Å². The summed E-state index contributed by atoms with van der Waals surface area (Å²) in [7, 11) is 0. The molecule has 0 aliphatic carbocycles. The number of fused-ring (bicyclic) bond motifs is 1. The molecule has 0 aromatic heterocycles. The van der Waals surface area contributed by atoms with E-state index in [9.17, 15) is 5.11 Å². The molecule has 0 heterocycles. The molecular formula is C20H29NO. The molecule has 0 amide bonds. The molecule has 2 heteroatoms. The fraction of sp³-hybridized carbons (Fsp3) is 0.500. The fourth-order valence-corrected chi connectivity index (χ4v) is 3.56. The minimum Gasteiger partial charge on any atom is -0.388 e. The van der Waals surface area contributed by atoms with Crippen LogP contribution in [-0.2, 0) is 0 Å². The third-order valence-corrected chi connectivity index (χ3v) is 4.26. The minimum atomic E-state index is -0.869. The zero-order valence-electron chi connectivity index (χ0n) is 14.2. The Labute approximate surface area is 134 Å². The van der Waals surface area contributed by atoms with Gasteiger partial charge in [-0.25, -0.2) is 0 Å². The molecule has 2 rings (SSSR count). The molecule has 1 atom stereocenters. The SMILES string of the molecule is CC(C)CC(O)(CC(C)C)C(N)c1cccc2ccccc12. The van der Waals surface area contributed by atoms with Gasteiger partial charge in [-0.15, -0.1) is 0 Å². The second kappa shape index (κ2) is 6.80. The van der Waals surface area contributed by atoms with E-state index in [1.807, 2.05) is 18.2 Å². The van der Waals surface area contributed by atoms with E-state index in [0.29, 0.717) is 11.8 Å². The van der Waals surface area contributed by atoms with Crippen LogP contribution >= 0.6 is 0 Å². The highest BCUT2D eigenvalue weighted by atomic mass is 16.3. The molecule has 2 aromatic carbocycles. The molecule has 0 spiro atoms. The van der Waals surface area contributed by atoms with Gasteiger partial charge in [-0.05, 0) is 41.0 Å². The molecule has 0 bridgehead atoms. The molecule has 0 saturated heterocycles. The molecule has 0 saturated carbocycles. The number of aliphatic hydroxyl groups is 1. The molecule has 1 unspecified atom stereocenters. The lowest BCUT2D eigenvalue weighted by molar-refractivity contribution is -0.0234. The van der Waals surface area contributed by atoms with Crippen molar-refractivity contribution in [1.82, 2.24) is 0 Å². The molecule has 120 valence electrons. The molecule has 0 aliphatic heterocycles. The Morgan fingerprint density at radius 3 is 2.05 bits per heavy atom. The zero-order valence-corrected chi connectivity index (χ0v) is 14.2. The van der Waals surface area contributed by atoms with Crippen LogP contribution in [0.4, 0.5) is 0 Å². The third-order valence-electron chi connectivity index (χ3n) is 4.26. The first-order valence-corrected chi connectivity index (χ1v) is 8.29. The smallest absolute Gasteiger partial charge is 0.0844 e. The van der Waals surface area contributed by atoms with Gasteiger partial charge in [0.25, 0.3) is 0 Å². The van der Waals surface area contributed by atoms with Crippen LogP contribution in [-0.4, -0.2) is 10.7 Å². The van der Waals surface area contributed by atoms with Crippen molar-refractivity contribution in [2.24, 2.45) is 17.6 Å². The summed E-state index contributed by atoms with van der Waals surface area (Å²) in [5, 5.41) is 13.6. The van der Waals surface area contributed by atoms with Gasteiger partial charge in [-0.1, -0.05) is 70.2 Å². The summed E-state index contributed by atoms with van der Waals surface area (Å²) < 4.78 is 0. The topological polar surface area (TPSA) is 46.2 Å². The Kier molecular flexibility index (Phi) is 5.25. The fourth-order valence-electron chi connectivity index (χ4n) is 3.56. The summed E-state index contributed by atoms with van der Waals surface area (Å²) in [4.78, 5) is 0. The van der Waals surface area contributed by atoms with E-state index in [1.165, 1.54) is 5.39 Å². The van der Waals surface area contributed by atoms with Gasteiger partial charge < -0.3 is 10.8 Å². The third kappa shape index (κ3) is 3.68. The maximum atomic E-state index is 11.3. The monoisotopic (exact) mass is 299 g/mol. The first-order valence-electron chi connectivity index (χ1n) is 8.29. The largest absolute Gasteiger partial charge is 0.388 e. The van der Waals surface area contributed by atoms with Crippen molar-refractivity contribution in [2.45, 2.75) is 52.2 Å². The number of hydrogen-bond acceptors (Lipinski definition) is 2. The Balaban J connectivity index is 2.46. The normalized spacial score (nSPS) is 14.0. The predicted molar refractivity (Wildman–Crippen MR) is 94.7 cm³/mol. The van der Waals surface area contributed by atoms with Gasteiger partial charge in [0, 0.05) is 0 Å². The number of hydrogen-bond donors (Lipinski definition) is 2. The van der Waals surface area contributed by atoms with E-state index >= 15 is 0 Å². The van der Waals surface area contributed by atoms with Crippen LogP contribution in [0.15, 0.2) is 42.5 Å². The van der Waals surface area contributed by atoms with Gasteiger partial charge in [0.05, 0.1) is 11.6 Å². The van der Waals surface area contributed by atoms with E-state index < -0.39 is 5.60 Å². The highest BCUT2D eigenvalue weighted by molar-refractivity contribution is 5.86. The Morgan fingerprint density at radius 1 is 0.909 bits per heavy atom. The van der Waals surface area contributed by atoms with Crippen molar-refractivity contribution in [1.29, 1.82) is 0 Å². The highest BCUT2D eigenvalue weighted by Crippen LogP contribution is 2.37. The summed E-state index contributed by atoms with van der Waals surface area (Å²) in [6.45, 7) is 8.56. The van der Waals surface area contributed by atoms with E-state index in [4.69, 9.17) is 5.73 Å². The average Bonchev–Trinajstić information content (AvgIpc) is 2.44. The second-order valence-electron chi connectivity index (χ2n) is 7.35. The molecule has 0 radical (unpaired) electrons. The Hall–Kier alpha value is -1.38.